The van der Waals surface area contributed by atoms with Crippen molar-refractivity contribution in [3.63, 3.8) is 0 Å². The van der Waals surface area contributed by atoms with Crippen LogP contribution in [0.25, 0.3) is 10.9 Å². The van der Waals surface area contributed by atoms with Crippen molar-refractivity contribution in [1.82, 2.24) is 14.4 Å². The topological polar surface area (TPSA) is 91.1 Å². The summed E-state index contributed by atoms with van der Waals surface area (Å²) in [7, 11) is -3.53. The molecule has 0 saturated carbocycles. The van der Waals surface area contributed by atoms with Crippen LogP contribution < -0.4 is 15.0 Å². The fourth-order valence-electron chi connectivity index (χ4n) is 2.57. The molecule has 1 aromatic heterocycles. The van der Waals surface area contributed by atoms with E-state index in [9.17, 15) is 13.2 Å². The number of rotatable bonds is 6. The van der Waals surface area contributed by atoms with E-state index in [0.29, 0.717) is 12.0 Å². The monoisotopic (exact) mass is 337 g/mol. The van der Waals surface area contributed by atoms with E-state index in [0.717, 1.165) is 22.0 Å². The first kappa shape index (κ1) is 17.7. The Labute approximate surface area is 136 Å². The number of benzene rings is 1. The molecule has 6 nitrogen and oxygen atoms in total. The molecule has 23 heavy (non-hydrogen) atoms. The maximum atomic E-state index is 12.1. The summed E-state index contributed by atoms with van der Waals surface area (Å²) in [5.41, 5.74) is 3.36. The lowest BCUT2D eigenvalue weighted by atomic mass is 10.0. The summed E-state index contributed by atoms with van der Waals surface area (Å²) in [6.07, 6.45) is 0.331. The minimum Gasteiger partial charge on any atom is -0.322 e. The predicted octanol–water partition coefficient (Wildman–Crippen LogP) is 1.52. The molecule has 0 atom stereocenters. The smallest absolute Gasteiger partial charge is 0.277 e. The van der Waals surface area contributed by atoms with Gasteiger partial charge in [0, 0.05) is 29.1 Å². The SMILES string of the molecule is Cc1cc(C)c2cc(CCNS(=O)(=O)NC(C)C)c(=O)[nH]c2c1. The van der Waals surface area contributed by atoms with Gasteiger partial charge in [-0.15, -0.1) is 0 Å². The fraction of sp³-hybridized carbons (Fsp3) is 0.438. The zero-order valence-corrected chi connectivity index (χ0v) is 14.7. The Bertz CT molecular complexity index is 870. The second-order valence-electron chi connectivity index (χ2n) is 6.09. The third-order valence-electron chi connectivity index (χ3n) is 3.47. The van der Waals surface area contributed by atoms with Crippen LogP contribution in [-0.2, 0) is 16.6 Å². The van der Waals surface area contributed by atoms with Crippen molar-refractivity contribution < 1.29 is 8.42 Å². The van der Waals surface area contributed by atoms with E-state index in [1.54, 1.807) is 13.8 Å². The van der Waals surface area contributed by atoms with Crippen LogP contribution >= 0.6 is 0 Å². The molecule has 0 saturated heterocycles. The van der Waals surface area contributed by atoms with E-state index in [4.69, 9.17) is 0 Å². The van der Waals surface area contributed by atoms with E-state index >= 15 is 0 Å². The molecule has 2 aromatic rings. The Morgan fingerprint density at radius 1 is 1.17 bits per heavy atom. The molecule has 0 aliphatic carbocycles. The summed E-state index contributed by atoms with van der Waals surface area (Å²) in [5.74, 6) is 0. The molecule has 126 valence electrons. The minimum absolute atomic E-state index is 0.168. The maximum Gasteiger partial charge on any atom is 0.277 e. The van der Waals surface area contributed by atoms with Gasteiger partial charge in [-0.25, -0.2) is 4.72 Å². The third-order valence-corrected chi connectivity index (χ3v) is 4.83. The quantitative estimate of drug-likeness (QED) is 0.746. The van der Waals surface area contributed by atoms with E-state index < -0.39 is 10.2 Å². The lowest BCUT2D eigenvalue weighted by Crippen LogP contribution is -2.41. The van der Waals surface area contributed by atoms with Crippen LogP contribution in [0.2, 0.25) is 0 Å². The van der Waals surface area contributed by atoms with Crippen molar-refractivity contribution in [3.8, 4) is 0 Å². The molecule has 0 unspecified atom stereocenters. The summed E-state index contributed by atoms with van der Waals surface area (Å²) in [6, 6.07) is 5.65. The number of aromatic nitrogens is 1. The third kappa shape index (κ3) is 4.63. The molecule has 0 amide bonds. The number of pyridine rings is 1. The fourth-order valence-corrected chi connectivity index (χ4v) is 3.65. The van der Waals surface area contributed by atoms with Gasteiger partial charge in [-0.1, -0.05) is 6.07 Å². The number of H-pyrrole nitrogens is 1. The summed E-state index contributed by atoms with van der Waals surface area (Å²) < 4.78 is 28.3. The molecule has 0 spiro atoms. The molecule has 7 heteroatoms. The van der Waals surface area contributed by atoms with E-state index in [-0.39, 0.29) is 18.1 Å². The molecular formula is C16H23N3O3S. The first-order chi connectivity index (χ1) is 10.7. The van der Waals surface area contributed by atoms with Crippen molar-refractivity contribution in [2.45, 2.75) is 40.2 Å². The first-order valence-electron chi connectivity index (χ1n) is 7.58. The molecule has 2 rings (SSSR count). The van der Waals surface area contributed by atoms with Crippen molar-refractivity contribution in [2.24, 2.45) is 0 Å². The van der Waals surface area contributed by atoms with E-state index in [2.05, 4.69) is 20.5 Å². The van der Waals surface area contributed by atoms with Crippen LogP contribution in [0.3, 0.4) is 0 Å². The van der Waals surface area contributed by atoms with Gasteiger partial charge in [0.15, 0.2) is 0 Å². The largest absolute Gasteiger partial charge is 0.322 e. The zero-order chi connectivity index (χ0) is 17.2. The average Bonchev–Trinajstić information content (AvgIpc) is 2.38. The Morgan fingerprint density at radius 3 is 2.52 bits per heavy atom. The molecule has 0 bridgehead atoms. The number of hydrogen-bond acceptors (Lipinski definition) is 3. The van der Waals surface area contributed by atoms with Gasteiger partial charge in [0.2, 0.25) is 0 Å². The van der Waals surface area contributed by atoms with Gasteiger partial charge in [0.1, 0.15) is 0 Å². The minimum atomic E-state index is -3.53. The van der Waals surface area contributed by atoms with Crippen molar-refractivity contribution >= 4 is 21.1 Å². The molecule has 3 N–H and O–H groups in total. The number of hydrogen-bond donors (Lipinski definition) is 3. The van der Waals surface area contributed by atoms with Crippen LogP contribution in [0, 0.1) is 13.8 Å². The van der Waals surface area contributed by atoms with Crippen molar-refractivity contribution in [1.29, 1.82) is 0 Å². The highest BCUT2D eigenvalue weighted by Gasteiger charge is 2.11. The summed E-state index contributed by atoms with van der Waals surface area (Å²) in [5, 5.41) is 0.980. The van der Waals surface area contributed by atoms with Gasteiger partial charge in [-0.05, 0) is 57.4 Å². The highest BCUT2D eigenvalue weighted by molar-refractivity contribution is 7.87. The number of aryl methyl sites for hydroxylation is 2. The standard InChI is InChI=1S/C16H23N3O3S/c1-10(2)19-23(21,22)17-6-5-13-9-14-12(4)7-11(3)8-15(14)18-16(13)20/h7-10,17,19H,5-6H2,1-4H3,(H,18,20). The highest BCUT2D eigenvalue weighted by atomic mass is 32.2. The second-order valence-corrected chi connectivity index (χ2v) is 7.62. The second kappa shape index (κ2) is 6.82. The first-order valence-corrected chi connectivity index (χ1v) is 9.06. The van der Waals surface area contributed by atoms with Gasteiger partial charge in [0.25, 0.3) is 15.8 Å². The molecule has 0 aliphatic rings. The molecule has 1 heterocycles. The van der Waals surface area contributed by atoms with Crippen molar-refractivity contribution in [2.75, 3.05) is 6.54 Å². The van der Waals surface area contributed by atoms with Crippen molar-refractivity contribution in [3.05, 3.63) is 45.2 Å². The lowest BCUT2D eigenvalue weighted by molar-refractivity contribution is 0.555. The Morgan fingerprint density at radius 2 is 1.87 bits per heavy atom. The Kier molecular flexibility index (Phi) is 5.23. The number of fused-ring (bicyclic) bond motifs is 1. The van der Waals surface area contributed by atoms with E-state index in [1.807, 2.05) is 26.0 Å². The summed E-state index contributed by atoms with van der Waals surface area (Å²) in [4.78, 5) is 15.0. The van der Waals surface area contributed by atoms with Crippen LogP contribution in [0.5, 0.6) is 0 Å². The maximum absolute atomic E-state index is 12.1. The lowest BCUT2D eigenvalue weighted by Gasteiger charge is -2.11. The average molecular weight is 337 g/mol. The van der Waals surface area contributed by atoms with Gasteiger partial charge >= 0.3 is 0 Å². The van der Waals surface area contributed by atoms with Gasteiger partial charge in [0.05, 0.1) is 0 Å². The summed E-state index contributed by atoms with van der Waals surface area (Å²) >= 11 is 0. The highest BCUT2D eigenvalue weighted by Crippen LogP contribution is 2.18. The molecule has 1 aromatic carbocycles. The molecule has 0 fully saturated rings. The van der Waals surface area contributed by atoms with Gasteiger partial charge < -0.3 is 4.98 Å². The van der Waals surface area contributed by atoms with Crippen LogP contribution in [0.4, 0.5) is 0 Å². The summed E-state index contributed by atoms with van der Waals surface area (Å²) in [6.45, 7) is 7.64. The molecule has 0 radical (unpaired) electrons. The Balaban J connectivity index is 2.18. The zero-order valence-electron chi connectivity index (χ0n) is 13.9. The van der Waals surface area contributed by atoms with Gasteiger partial charge in [-0.2, -0.15) is 13.1 Å². The van der Waals surface area contributed by atoms with Crippen LogP contribution in [0.15, 0.2) is 23.0 Å². The predicted molar refractivity (Wildman–Crippen MR) is 92.9 cm³/mol. The molecular weight excluding hydrogens is 314 g/mol. The van der Waals surface area contributed by atoms with Crippen LogP contribution in [-0.4, -0.2) is 26.0 Å². The number of aromatic amines is 1. The normalized spacial score (nSPS) is 12.2. The van der Waals surface area contributed by atoms with E-state index in [1.165, 1.54) is 0 Å². The van der Waals surface area contributed by atoms with Gasteiger partial charge in [-0.3, -0.25) is 4.79 Å². The Hall–Kier alpha value is -1.70. The molecule has 0 aliphatic heterocycles. The number of nitrogens with one attached hydrogen (secondary N) is 3. The van der Waals surface area contributed by atoms with Crippen LogP contribution in [0.1, 0.15) is 30.5 Å².